The fourth-order valence-electron chi connectivity index (χ4n) is 2.97. The van der Waals surface area contributed by atoms with Crippen LogP contribution in [-0.4, -0.2) is 36.0 Å². The van der Waals surface area contributed by atoms with Crippen molar-refractivity contribution < 1.29 is 14.4 Å². The molecular weight excluding hydrogens is 278 g/mol. The van der Waals surface area contributed by atoms with Crippen LogP contribution in [0.3, 0.4) is 0 Å². The second-order valence-corrected chi connectivity index (χ2v) is 6.78. The van der Waals surface area contributed by atoms with Gasteiger partial charge in [0.1, 0.15) is 0 Å². The molecule has 1 aliphatic rings. The highest BCUT2D eigenvalue weighted by Crippen LogP contribution is 2.39. The lowest BCUT2D eigenvalue weighted by atomic mass is 9.71. The van der Waals surface area contributed by atoms with E-state index in [4.69, 9.17) is 0 Å². The third kappa shape index (κ3) is 3.37. The van der Waals surface area contributed by atoms with Crippen molar-refractivity contribution in [1.82, 2.24) is 4.90 Å². The smallest absolute Gasteiger partial charge is 0.223 e. The Labute approximate surface area is 133 Å². The predicted molar refractivity (Wildman–Crippen MR) is 87.4 cm³/mol. The molecule has 0 aromatic rings. The number of carbonyl (C=O) groups excluding carboxylic acids is 3. The van der Waals surface area contributed by atoms with Gasteiger partial charge < -0.3 is 4.90 Å². The number of allylic oxidation sites excluding steroid dienone is 4. The summed E-state index contributed by atoms with van der Waals surface area (Å²) >= 11 is 0. The fourth-order valence-corrected chi connectivity index (χ4v) is 2.97. The fraction of sp³-hybridized carbons (Fsp3) is 0.611. The van der Waals surface area contributed by atoms with E-state index in [2.05, 4.69) is 0 Å². The maximum Gasteiger partial charge on any atom is 0.223 e. The van der Waals surface area contributed by atoms with E-state index in [1.54, 1.807) is 32.7 Å². The first-order valence-corrected chi connectivity index (χ1v) is 7.76. The van der Waals surface area contributed by atoms with E-state index >= 15 is 0 Å². The van der Waals surface area contributed by atoms with Gasteiger partial charge in [0.05, 0.1) is 0 Å². The Kier molecular flexibility index (Phi) is 5.49. The molecule has 0 aromatic carbocycles. The number of nitrogens with zero attached hydrogens (tertiary/aromatic N) is 1. The molecule has 122 valence electrons. The van der Waals surface area contributed by atoms with Gasteiger partial charge in [0.15, 0.2) is 11.6 Å². The molecule has 0 aromatic heterocycles. The van der Waals surface area contributed by atoms with E-state index in [0.717, 1.165) is 6.42 Å². The van der Waals surface area contributed by atoms with E-state index in [0.29, 0.717) is 28.8 Å². The highest BCUT2D eigenvalue weighted by atomic mass is 16.2. The van der Waals surface area contributed by atoms with Crippen molar-refractivity contribution in [3.8, 4) is 0 Å². The molecule has 0 heterocycles. The van der Waals surface area contributed by atoms with Crippen LogP contribution in [0, 0.1) is 5.41 Å². The largest absolute Gasteiger partial charge is 0.346 e. The van der Waals surface area contributed by atoms with Gasteiger partial charge in [0.25, 0.3) is 0 Å². The SMILES string of the molecule is CCCN(C)C(=O)CC(C)(C)C1=C(C)C(=O)C(C)=C(C)C1=O. The zero-order valence-electron chi connectivity index (χ0n) is 14.8. The lowest BCUT2D eigenvalue weighted by molar-refractivity contribution is -0.131. The molecule has 0 unspecified atom stereocenters. The summed E-state index contributed by atoms with van der Waals surface area (Å²) in [5.74, 6) is -0.198. The first-order valence-electron chi connectivity index (χ1n) is 7.76. The average Bonchev–Trinajstić information content (AvgIpc) is 2.42. The second-order valence-electron chi connectivity index (χ2n) is 6.78. The Balaban J connectivity index is 3.14. The molecule has 0 saturated carbocycles. The van der Waals surface area contributed by atoms with Crippen LogP contribution in [0.15, 0.2) is 22.3 Å². The Morgan fingerprint density at radius 2 is 1.50 bits per heavy atom. The third-order valence-electron chi connectivity index (χ3n) is 4.44. The summed E-state index contributed by atoms with van der Waals surface area (Å²) in [4.78, 5) is 38.9. The van der Waals surface area contributed by atoms with E-state index in [1.165, 1.54) is 0 Å². The molecule has 0 aliphatic heterocycles. The van der Waals surface area contributed by atoms with Crippen LogP contribution >= 0.6 is 0 Å². The van der Waals surface area contributed by atoms with Gasteiger partial charge in [-0.2, -0.15) is 0 Å². The van der Waals surface area contributed by atoms with Crippen LogP contribution in [0.5, 0.6) is 0 Å². The van der Waals surface area contributed by atoms with Crippen LogP contribution in [0.2, 0.25) is 0 Å². The topological polar surface area (TPSA) is 54.5 Å². The lowest BCUT2D eigenvalue weighted by Crippen LogP contribution is -2.36. The normalized spacial score (nSPS) is 16.5. The van der Waals surface area contributed by atoms with Crippen molar-refractivity contribution in [1.29, 1.82) is 0 Å². The molecule has 1 aliphatic carbocycles. The van der Waals surface area contributed by atoms with Crippen molar-refractivity contribution >= 4 is 17.5 Å². The van der Waals surface area contributed by atoms with Crippen LogP contribution in [0.4, 0.5) is 0 Å². The molecule has 0 radical (unpaired) electrons. The first kappa shape index (κ1) is 18.3. The molecular formula is C18H27NO3. The van der Waals surface area contributed by atoms with Gasteiger partial charge in [0.2, 0.25) is 5.91 Å². The van der Waals surface area contributed by atoms with Gasteiger partial charge in [-0.3, -0.25) is 14.4 Å². The Bertz CT molecular complexity index is 579. The summed E-state index contributed by atoms with van der Waals surface area (Å²) in [6.45, 7) is 11.5. The van der Waals surface area contributed by atoms with Crippen molar-refractivity contribution in [2.75, 3.05) is 13.6 Å². The lowest BCUT2D eigenvalue weighted by Gasteiger charge is -2.32. The van der Waals surface area contributed by atoms with E-state index < -0.39 is 5.41 Å². The second kappa shape index (κ2) is 6.59. The van der Waals surface area contributed by atoms with Gasteiger partial charge in [-0.25, -0.2) is 0 Å². The zero-order chi connectivity index (χ0) is 17.2. The van der Waals surface area contributed by atoms with Gasteiger partial charge in [0, 0.05) is 47.7 Å². The molecule has 0 spiro atoms. The third-order valence-corrected chi connectivity index (χ3v) is 4.44. The standard InChI is InChI=1S/C18H27NO3/c1-8-9-19(7)14(20)10-18(5,6)15-13(4)16(21)11(2)12(3)17(15)22/h8-10H2,1-7H3. The molecule has 0 bridgehead atoms. The molecule has 22 heavy (non-hydrogen) atoms. The Morgan fingerprint density at radius 3 is 2.00 bits per heavy atom. The van der Waals surface area contributed by atoms with Crippen molar-refractivity contribution in [2.45, 2.75) is 54.4 Å². The Hall–Kier alpha value is -1.71. The summed E-state index contributed by atoms with van der Waals surface area (Å²) in [6.07, 6.45) is 1.12. The number of hydrogen-bond donors (Lipinski definition) is 0. The molecule has 1 amide bonds. The highest BCUT2D eigenvalue weighted by Gasteiger charge is 2.38. The van der Waals surface area contributed by atoms with Crippen LogP contribution in [0.1, 0.15) is 54.4 Å². The predicted octanol–water partition coefficient (Wildman–Crippen LogP) is 3.08. The summed E-state index contributed by atoms with van der Waals surface area (Å²) in [6, 6.07) is 0. The highest BCUT2D eigenvalue weighted by molar-refractivity contribution is 6.25. The zero-order valence-corrected chi connectivity index (χ0v) is 14.8. The van der Waals surface area contributed by atoms with Crippen molar-refractivity contribution in [2.24, 2.45) is 5.41 Å². The van der Waals surface area contributed by atoms with E-state index in [1.807, 2.05) is 20.8 Å². The minimum absolute atomic E-state index is 0.00340. The summed E-state index contributed by atoms with van der Waals surface area (Å²) < 4.78 is 0. The molecule has 0 fully saturated rings. The minimum Gasteiger partial charge on any atom is -0.346 e. The van der Waals surface area contributed by atoms with Crippen molar-refractivity contribution in [3.63, 3.8) is 0 Å². The average molecular weight is 305 g/mol. The number of rotatable bonds is 5. The van der Waals surface area contributed by atoms with Gasteiger partial charge in [-0.05, 0) is 27.2 Å². The van der Waals surface area contributed by atoms with Crippen LogP contribution in [0.25, 0.3) is 0 Å². The van der Waals surface area contributed by atoms with E-state index in [-0.39, 0.29) is 23.9 Å². The van der Waals surface area contributed by atoms with E-state index in [9.17, 15) is 14.4 Å². The molecule has 4 heteroatoms. The molecule has 1 rings (SSSR count). The molecule has 0 N–H and O–H groups in total. The number of carbonyl (C=O) groups is 3. The summed E-state index contributed by atoms with van der Waals surface area (Å²) in [5, 5.41) is 0. The Morgan fingerprint density at radius 1 is 1.00 bits per heavy atom. The van der Waals surface area contributed by atoms with Gasteiger partial charge in [-0.1, -0.05) is 20.8 Å². The van der Waals surface area contributed by atoms with Gasteiger partial charge in [-0.15, -0.1) is 0 Å². The minimum atomic E-state index is -0.655. The number of ketones is 2. The number of amides is 1. The maximum absolute atomic E-state index is 12.6. The van der Waals surface area contributed by atoms with Gasteiger partial charge >= 0.3 is 0 Å². The first-order chi connectivity index (χ1) is 10.0. The molecule has 0 saturated heterocycles. The number of hydrogen-bond acceptors (Lipinski definition) is 3. The number of Topliss-reactive ketones (excluding diaryl/α,β-unsaturated/α-hetero) is 2. The summed E-state index contributed by atoms with van der Waals surface area (Å²) in [7, 11) is 1.77. The molecule has 4 nitrogen and oxygen atoms in total. The quantitative estimate of drug-likeness (QED) is 0.733. The van der Waals surface area contributed by atoms with Crippen LogP contribution < -0.4 is 0 Å². The van der Waals surface area contributed by atoms with Crippen LogP contribution in [-0.2, 0) is 14.4 Å². The summed E-state index contributed by atoms with van der Waals surface area (Å²) in [5.41, 5.74) is 1.31. The monoisotopic (exact) mass is 305 g/mol. The maximum atomic E-state index is 12.6. The van der Waals surface area contributed by atoms with Crippen molar-refractivity contribution in [3.05, 3.63) is 22.3 Å². The molecule has 0 atom stereocenters.